The summed E-state index contributed by atoms with van der Waals surface area (Å²) in [6, 6.07) is 21.2. The maximum atomic E-state index is 12.7. The zero-order valence-electron chi connectivity index (χ0n) is 17.8. The first-order valence-corrected chi connectivity index (χ1v) is 11.4. The number of nitrogens with one attached hydrogen (secondary N) is 1. The first-order valence-electron chi connectivity index (χ1n) is 9.98. The summed E-state index contributed by atoms with van der Waals surface area (Å²) in [4.78, 5) is 20.5. The number of nitrogens with zero attached hydrogens (tertiary/aromatic N) is 3. The van der Waals surface area contributed by atoms with Gasteiger partial charge in [0.1, 0.15) is 16.3 Å². The number of hydrogen-bond acceptors (Lipinski definition) is 9. The van der Waals surface area contributed by atoms with Gasteiger partial charge < -0.3 is 4.18 Å². The SMILES string of the molecule is O=[N+]([O-])c1ccc(N/N=C\c2ccc(OS(=O)(=O)c3ccc4ccccc4c3)cc2)c([N+](=O)[O-])c1. The molecule has 0 aromatic heterocycles. The Kier molecular flexibility index (Phi) is 6.38. The second kappa shape index (κ2) is 9.57. The molecule has 35 heavy (non-hydrogen) atoms. The molecule has 4 rings (SSSR count). The third-order valence-corrected chi connectivity index (χ3v) is 6.13. The lowest BCUT2D eigenvalue weighted by Gasteiger charge is -2.08. The van der Waals surface area contributed by atoms with Crippen LogP contribution >= 0.6 is 0 Å². The van der Waals surface area contributed by atoms with Crippen molar-refractivity contribution in [3.05, 3.63) is 111 Å². The largest absolute Gasteiger partial charge is 0.379 e. The first kappa shape index (κ1) is 23.3. The van der Waals surface area contributed by atoms with Gasteiger partial charge >= 0.3 is 15.8 Å². The summed E-state index contributed by atoms with van der Waals surface area (Å²) in [6.45, 7) is 0. The van der Waals surface area contributed by atoms with E-state index in [0.29, 0.717) is 5.56 Å². The summed E-state index contributed by atoms with van der Waals surface area (Å²) in [7, 11) is -4.05. The lowest BCUT2D eigenvalue weighted by atomic mass is 10.1. The van der Waals surface area contributed by atoms with Gasteiger partial charge in [-0.25, -0.2) is 0 Å². The van der Waals surface area contributed by atoms with Gasteiger partial charge in [-0.1, -0.05) is 30.3 Å². The number of nitro benzene ring substituents is 2. The predicted molar refractivity (Wildman–Crippen MR) is 129 cm³/mol. The Morgan fingerprint density at radius 1 is 0.829 bits per heavy atom. The molecule has 4 aromatic carbocycles. The molecule has 0 fully saturated rings. The highest BCUT2D eigenvalue weighted by Gasteiger charge is 2.19. The van der Waals surface area contributed by atoms with Crippen molar-refractivity contribution in [2.24, 2.45) is 5.10 Å². The highest BCUT2D eigenvalue weighted by molar-refractivity contribution is 7.87. The van der Waals surface area contributed by atoms with Crippen LogP contribution in [-0.2, 0) is 10.1 Å². The van der Waals surface area contributed by atoms with Crippen LogP contribution in [0, 0.1) is 20.2 Å². The molecule has 176 valence electrons. The van der Waals surface area contributed by atoms with Crippen molar-refractivity contribution in [3.63, 3.8) is 0 Å². The number of non-ortho nitro benzene ring substituents is 1. The Morgan fingerprint density at radius 2 is 1.54 bits per heavy atom. The van der Waals surface area contributed by atoms with Crippen molar-refractivity contribution in [2.75, 3.05) is 5.43 Å². The van der Waals surface area contributed by atoms with Crippen molar-refractivity contribution in [3.8, 4) is 5.75 Å². The lowest BCUT2D eigenvalue weighted by molar-refractivity contribution is -0.393. The second-order valence-corrected chi connectivity index (χ2v) is 8.75. The number of nitro groups is 2. The zero-order valence-corrected chi connectivity index (χ0v) is 18.6. The minimum Gasteiger partial charge on any atom is -0.379 e. The number of hydrazone groups is 1. The molecule has 0 heterocycles. The molecular weight excluding hydrogens is 476 g/mol. The van der Waals surface area contributed by atoms with Crippen LogP contribution in [0.25, 0.3) is 10.8 Å². The topological polar surface area (TPSA) is 154 Å². The van der Waals surface area contributed by atoms with Crippen LogP contribution < -0.4 is 9.61 Å². The quantitative estimate of drug-likeness (QED) is 0.158. The Bertz CT molecular complexity index is 1570. The fraction of sp³-hybridized carbons (Fsp3) is 0. The third kappa shape index (κ3) is 5.39. The van der Waals surface area contributed by atoms with Gasteiger partial charge in [-0.05, 0) is 58.8 Å². The number of rotatable bonds is 8. The molecule has 11 nitrogen and oxygen atoms in total. The summed E-state index contributed by atoms with van der Waals surface area (Å²) in [5, 5.41) is 27.6. The molecule has 12 heteroatoms. The van der Waals surface area contributed by atoms with E-state index >= 15 is 0 Å². The van der Waals surface area contributed by atoms with Crippen LogP contribution in [0.1, 0.15) is 5.56 Å². The van der Waals surface area contributed by atoms with E-state index in [9.17, 15) is 28.6 Å². The van der Waals surface area contributed by atoms with Gasteiger partial charge in [0.25, 0.3) is 5.69 Å². The summed E-state index contributed by atoms with van der Waals surface area (Å²) in [5.74, 6) is 0.0919. The summed E-state index contributed by atoms with van der Waals surface area (Å²) >= 11 is 0. The molecule has 0 amide bonds. The summed E-state index contributed by atoms with van der Waals surface area (Å²) < 4.78 is 30.5. The minimum atomic E-state index is -4.05. The van der Waals surface area contributed by atoms with E-state index in [1.54, 1.807) is 18.2 Å². The molecule has 0 saturated heterocycles. The number of anilines is 1. The molecule has 0 aliphatic heterocycles. The fourth-order valence-corrected chi connectivity index (χ4v) is 4.13. The van der Waals surface area contributed by atoms with Crippen molar-refractivity contribution in [1.29, 1.82) is 0 Å². The average Bonchev–Trinajstić information content (AvgIpc) is 2.84. The van der Waals surface area contributed by atoms with Crippen LogP contribution in [0.5, 0.6) is 5.75 Å². The van der Waals surface area contributed by atoms with Crippen molar-refractivity contribution < 1.29 is 22.4 Å². The highest BCUT2D eigenvalue weighted by atomic mass is 32.2. The monoisotopic (exact) mass is 492 g/mol. The molecule has 0 bridgehead atoms. The Hall–Kier alpha value is -4.84. The Balaban J connectivity index is 1.45. The van der Waals surface area contributed by atoms with Gasteiger partial charge in [-0.15, -0.1) is 0 Å². The van der Waals surface area contributed by atoms with Crippen LogP contribution in [0.15, 0.2) is 94.9 Å². The normalized spacial score (nSPS) is 11.4. The summed E-state index contributed by atoms with van der Waals surface area (Å²) in [5.41, 5.74) is 2.07. The molecular formula is C23H16N4O7S. The van der Waals surface area contributed by atoms with E-state index in [2.05, 4.69) is 10.5 Å². The van der Waals surface area contributed by atoms with Gasteiger partial charge in [-0.2, -0.15) is 13.5 Å². The second-order valence-electron chi connectivity index (χ2n) is 7.20. The number of hydrogen-bond donors (Lipinski definition) is 1. The van der Waals surface area contributed by atoms with Gasteiger partial charge in [0.05, 0.1) is 22.1 Å². The van der Waals surface area contributed by atoms with Crippen molar-refractivity contribution in [1.82, 2.24) is 0 Å². The molecule has 0 saturated carbocycles. The number of benzene rings is 4. The average molecular weight is 492 g/mol. The molecule has 4 aromatic rings. The number of fused-ring (bicyclic) bond motifs is 1. The van der Waals surface area contributed by atoms with Crippen LogP contribution in [0.3, 0.4) is 0 Å². The van der Waals surface area contributed by atoms with Gasteiger partial charge in [-0.3, -0.25) is 25.7 Å². The molecule has 0 spiro atoms. The van der Waals surface area contributed by atoms with E-state index < -0.39 is 31.3 Å². The molecule has 0 aliphatic rings. The summed E-state index contributed by atoms with van der Waals surface area (Å²) in [6.07, 6.45) is 1.34. The predicted octanol–water partition coefficient (Wildman–Crippen LogP) is 4.87. The van der Waals surface area contributed by atoms with Crippen molar-refractivity contribution in [2.45, 2.75) is 4.90 Å². The molecule has 0 unspecified atom stereocenters. The van der Waals surface area contributed by atoms with E-state index in [1.165, 1.54) is 36.5 Å². The van der Waals surface area contributed by atoms with Gasteiger partial charge in [0, 0.05) is 6.07 Å². The maximum Gasteiger partial charge on any atom is 0.339 e. The minimum absolute atomic E-state index is 0.0238. The zero-order chi connectivity index (χ0) is 25.0. The van der Waals surface area contributed by atoms with Crippen LogP contribution in [0.2, 0.25) is 0 Å². The van der Waals surface area contributed by atoms with E-state index in [4.69, 9.17) is 4.18 Å². The van der Waals surface area contributed by atoms with Crippen molar-refractivity contribution >= 4 is 44.2 Å². The van der Waals surface area contributed by atoms with E-state index in [-0.39, 0.29) is 16.3 Å². The van der Waals surface area contributed by atoms with E-state index in [1.807, 2.05) is 24.3 Å². The molecule has 1 N–H and O–H groups in total. The Morgan fingerprint density at radius 3 is 2.23 bits per heavy atom. The van der Waals surface area contributed by atoms with E-state index in [0.717, 1.165) is 22.9 Å². The first-order chi connectivity index (χ1) is 16.7. The molecule has 0 atom stereocenters. The van der Waals surface area contributed by atoms with Crippen LogP contribution in [-0.4, -0.2) is 24.5 Å². The highest BCUT2D eigenvalue weighted by Crippen LogP contribution is 2.29. The Labute approximate surface area is 198 Å². The fourth-order valence-electron chi connectivity index (χ4n) is 3.16. The maximum absolute atomic E-state index is 12.7. The molecule has 0 aliphatic carbocycles. The van der Waals surface area contributed by atoms with Gasteiger partial charge in [0.2, 0.25) is 0 Å². The molecule has 0 radical (unpaired) electrons. The van der Waals surface area contributed by atoms with Crippen LogP contribution in [0.4, 0.5) is 17.1 Å². The third-order valence-electron chi connectivity index (χ3n) is 4.88. The standard InChI is InChI=1S/C23H16N4O7S/c28-26(29)19-8-12-22(23(14-19)27(30)31)25-24-15-16-5-9-20(10-6-16)34-35(32,33)21-11-7-17-3-1-2-4-18(17)13-21/h1-15,25H/b24-15-. The lowest BCUT2D eigenvalue weighted by Crippen LogP contribution is -2.09. The van der Waals surface area contributed by atoms with Gasteiger partial charge in [0.15, 0.2) is 0 Å². The smallest absolute Gasteiger partial charge is 0.339 e.